The highest BCUT2D eigenvalue weighted by atomic mass is 32.2. The molecule has 1 aliphatic heterocycles. The van der Waals surface area contributed by atoms with Crippen molar-refractivity contribution in [3.8, 4) is 6.07 Å². The second-order valence-electron chi connectivity index (χ2n) is 5.02. The van der Waals surface area contributed by atoms with Crippen molar-refractivity contribution in [3.63, 3.8) is 0 Å². The molecule has 0 aromatic carbocycles. The number of aromatic nitrogens is 1. The monoisotopic (exact) mass is 294 g/mol. The summed E-state index contributed by atoms with van der Waals surface area (Å²) in [7, 11) is -3.50. The van der Waals surface area contributed by atoms with Crippen LogP contribution in [0.4, 0.5) is 0 Å². The van der Waals surface area contributed by atoms with E-state index in [0.717, 1.165) is 13.1 Å². The highest BCUT2D eigenvalue weighted by molar-refractivity contribution is 7.89. The van der Waals surface area contributed by atoms with E-state index >= 15 is 0 Å². The molecular formula is C13H18N4O2S. The van der Waals surface area contributed by atoms with E-state index in [1.54, 1.807) is 0 Å². The molecule has 1 fully saturated rings. The van der Waals surface area contributed by atoms with Crippen LogP contribution in [-0.2, 0) is 10.0 Å². The molecule has 1 aliphatic rings. The summed E-state index contributed by atoms with van der Waals surface area (Å²) < 4.78 is 26.4. The summed E-state index contributed by atoms with van der Waals surface area (Å²) in [6.07, 6.45) is 1.25. The van der Waals surface area contributed by atoms with Gasteiger partial charge >= 0.3 is 0 Å². The Labute approximate surface area is 119 Å². The number of pyridine rings is 1. The second-order valence-corrected chi connectivity index (χ2v) is 6.96. The van der Waals surface area contributed by atoms with Crippen LogP contribution in [0.25, 0.3) is 0 Å². The van der Waals surface area contributed by atoms with Gasteiger partial charge in [0.15, 0.2) is 0 Å². The summed E-state index contributed by atoms with van der Waals surface area (Å²) >= 11 is 0. The van der Waals surface area contributed by atoms with E-state index in [0.29, 0.717) is 19.1 Å². The quantitative estimate of drug-likeness (QED) is 0.819. The fourth-order valence-electron chi connectivity index (χ4n) is 2.21. The number of nitriles is 1. The third-order valence-corrected chi connectivity index (χ3v) is 5.37. The second kappa shape index (κ2) is 5.87. The Morgan fingerprint density at radius 3 is 2.35 bits per heavy atom. The lowest BCUT2D eigenvalue weighted by Gasteiger charge is -2.36. The molecule has 2 rings (SSSR count). The van der Waals surface area contributed by atoms with Gasteiger partial charge in [-0.1, -0.05) is 0 Å². The number of sulfonamides is 1. The highest BCUT2D eigenvalue weighted by Crippen LogP contribution is 2.17. The first-order chi connectivity index (χ1) is 9.45. The van der Waals surface area contributed by atoms with Crippen LogP contribution in [0.15, 0.2) is 23.2 Å². The molecule has 108 valence electrons. The lowest BCUT2D eigenvalue weighted by molar-refractivity contribution is 0.154. The highest BCUT2D eigenvalue weighted by Gasteiger charge is 2.29. The Kier molecular flexibility index (Phi) is 4.38. The number of piperazine rings is 1. The van der Waals surface area contributed by atoms with Crippen LogP contribution >= 0.6 is 0 Å². The Bertz CT molecular complexity index is 596. The predicted octanol–water partition coefficient (Wildman–Crippen LogP) is 0.668. The zero-order valence-electron chi connectivity index (χ0n) is 11.7. The van der Waals surface area contributed by atoms with Crippen LogP contribution in [0, 0.1) is 11.3 Å². The van der Waals surface area contributed by atoms with Crippen LogP contribution in [-0.4, -0.2) is 54.8 Å². The SMILES string of the molecule is CC(C)N1CCN(S(=O)(=O)c2ccc(C#N)nc2)CC1. The first kappa shape index (κ1) is 14.9. The molecule has 0 atom stereocenters. The van der Waals surface area contributed by atoms with E-state index < -0.39 is 10.0 Å². The van der Waals surface area contributed by atoms with Crippen LogP contribution < -0.4 is 0 Å². The first-order valence-electron chi connectivity index (χ1n) is 6.55. The summed E-state index contributed by atoms with van der Waals surface area (Å²) in [6, 6.07) is 5.17. The minimum absolute atomic E-state index is 0.148. The zero-order valence-corrected chi connectivity index (χ0v) is 12.5. The first-order valence-corrected chi connectivity index (χ1v) is 7.99. The van der Waals surface area contributed by atoms with Crippen molar-refractivity contribution in [1.82, 2.24) is 14.2 Å². The molecule has 7 heteroatoms. The van der Waals surface area contributed by atoms with Gasteiger partial charge in [0.25, 0.3) is 0 Å². The van der Waals surface area contributed by atoms with Gasteiger partial charge in [0.1, 0.15) is 16.7 Å². The lowest BCUT2D eigenvalue weighted by atomic mass is 10.3. The summed E-state index contributed by atoms with van der Waals surface area (Å²) in [6.45, 7) is 6.66. The molecule has 1 aromatic heterocycles. The predicted molar refractivity (Wildman–Crippen MR) is 74.4 cm³/mol. The van der Waals surface area contributed by atoms with Gasteiger partial charge in [-0.05, 0) is 26.0 Å². The van der Waals surface area contributed by atoms with Gasteiger partial charge < -0.3 is 0 Å². The van der Waals surface area contributed by atoms with Crippen LogP contribution in [0.3, 0.4) is 0 Å². The maximum atomic E-state index is 12.4. The van der Waals surface area contributed by atoms with Gasteiger partial charge in [0.05, 0.1) is 0 Å². The minimum Gasteiger partial charge on any atom is -0.298 e. The number of rotatable bonds is 3. The molecule has 0 spiro atoms. The van der Waals surface area contributed by atoms with Crippen LogP contribution in [0.2, 0.25) is 0 Å². The molecule has 0 amide bonds. The van der Waals surface area contributed by atoms with Crippen molar-refractivity contribution in [1.29, 1.82) is 5.26 Å². The molecular weight excluding hydrogens is 276 g/mol. The van der Waals surface area contributed by atoms with Gasteiger partial charge in [-0.3, -0.25) is 4.90 Å². The molecule has 1 aromatic rings. The maximum Gasteiger partial charge on any atom is 0.244 e. The summed E-state index contributed by atoms with van der Waals surface area (Å²) in [4.78, 5) is 6.22. The molecule has 20 heavy (non-hydrogen) atoms. The van der Waals surface area contributed by atoms with Crippen LogP contribution in [0.5, 0.6) is 0 Å². The van der Waals surface area contributed by atoms with Crippen molar-refractivity contribution in [2.75, 3.05) is 26.2 Å². The van der Waals surface area contributed by atoms with Gasteiger partial charge in [0.2, 0.25) is 10.0 Å². The summed E-state index contributed by atoms with van der Waals surface area (Å²) in [5, 5.41) is 8.68. The molecule has 0 aliphatic carbocycles. The van der Waals surface area contributed by atoms with Gasteiger partial charge in [-0.2, -0.15) is 9.57 Å². The van der Waals surface area contributed by atoms with Crippen LogP contribution in [0.1, 0.15) is 19.5 Å². The molecule has 6 nitrogen and oxygen atoms in total. The maximum absolute atomic E-state index is 12.4. The van der Waals surface area contributed by atoms with Crippen molar-refractivity contribution >= 4 is 10.0 Å². The van der Waals surface area contributed by atoms with E-state index in [2.05, 4.69) is 23.7 Å². The average molecular weight is 294 g/mol. The summed E-state index contributed by atoms with van der Waals surface area (Å²) in [5.74, 6) is 0. The molecule has 0 N–H and O–H groups in total. The van der Waals surface area contributed by atoms with Crippen molar-refractivity contribution in [2.45, 2.75) is 24.8 Å². The average Bonchev–Trinajstić information content (AvgIpc) is 2.47. The molecule has 0 radical (unpaired) electrons. The largest absolute Gasteiger partial charge is 0.298 e. The molecule has 0 unspecified atom stereocenters. The van der Waals surface area contributed by atoms with E-state index in [1.165, 1.54) is 22.6 Å². The lowest BCUT2D eigenvalue weighted by Crippen LogP contribution is -2.50. The normalized spacial score (nSPS) is 18.1. The van der Waals surface area contributed by atoms with Crippen molar-refractivity contribution in [3.05, 3.63) is 24.0 Å². The molecule has 0 saturated carbocycles. The minimum atomic E-state index is -3.50. The van der Waals surface area contributed by atoms with Crippen molar-refractivity contribution in [2.24, 2.45) is 0 Å². The molecule has 2 heterocycles. The number of hydrogen-bond donors (Lipinski definition) is 0. The van der Waals surface area contributed by atoms with Gasteiger partial charge in [-0.15, -0.1) is 0 Å². The van der Waals surface area contributed by atoms with E-state index in [-0.39, 0.29) is 10.6 Å². The van der Waals surface area contributed by atoms with E-state index in [1.807, 2.05) is 6.07 Å². The Morgan fingerprint density at radius 1 is 1.25 bits per heavy atom. The molecule has 1 saturated heterocycles. The Balaban J connectivity index is 2.13. The Hall–Kier alpha value is -1.49. The number of nitrogens with zero attached hydrogens (tertiary/aromatic N) is 4. The smallest absolute Gasteiger partial charge is 0.244 e. The standard InChI is InChI=1S/C13H18N4O2S/c1-11(2)16-5-7-17(8-6-16)20(18,19)13-4-3-12(9-14)15-10-13/h3-4,10-11H,5-8H2,1-2H3. The van der Waals surface area contributed by atoms with E-state index in [4.69, 9.17) is 5.26 Å². The van der Waals surface area contributed by atoms with Gasteiger partial charge in [0, 0.05) is 38.4 Å². The number of hydrogen-bond acceptors (Lipinski definition) is 5. The van der Waals surface area contributed by atoms with E-state index in [9.17, 15) is 8.42 Å². The zero-order chi connectivity index (χ0) is 14.8. The fraction of sp³-hybridized carbons (Fsp3) is 0.538. The Morgan fingerprint density at radius 2 is 1.90 bits per heavy atom. The van der Waals surface area contributed by atoms with Gasteiger partial charge in [-0.25, -0.2) is 13.4 Å². The third-order valence-electron chi connectivity index (χ3n) is 3.49. The topological polar surface area (TPSA) is 77.3 Å². The van der Waals surface area contributed by atoms with Crippen molar-refractivity contribution < 1.29 is 8.42 Å². The molecule has 0 bridgehead atoms. The fourth-order valence-corrected chi connectivity index (χ4v) is 3.58. The summed E-state index contributed by atoms with van der Waals surface area (Å²) in [5.41, 5.74) is 0.216. The third kappa shape index (κ3) is 2.98.